The summed E-state index contributed by atoms with van der Waals surface area (Å²) in [6, 6.07) is 6.86. The third-order valence-electron chi connectivity index (χ3n) is 2.93. The van der Waals surface area contributed by atoms with Crippen LogP contribution in [0.1, 0.15) is 10.5 Å². The van der Waals surface area contributed by atoms with Crippen LogP contribution in [-0.2, 0) is 0 Å². The van der Waals surface area contributed by atoms with Crippen molar-refractivity contribution in [2.75, 3.05) is 26.1 Å². The highest BCUT2D eigenvalue weighted by atomic mass is 16.5. The molecule has 0 saturated heterocycles. The first-order valence-electron chi connectivity index (χ1n) is 6.89. The van der Waals surface area contributed by atoms with Crippen molar-refractivity contribution in [2.24, 2.45) is 0 Å². The standard InChI is InChI=1S/C16H18N4O3/c1-4-8-17-15(21)12-7-9-18-16(20-12)19-11-5-6-13(22-2)14(10-11)23-3/h4-7,9-10H,1,8H2,2-3H3,(H,17,21)(H,18,19,20). The quantitative estimate of drug-likeness (QED) is 0.762. The summed E-state index contributed by atoms with van der Waals surface area (Å²) in [4.78, 5) is 20.2. The van der Waals surface area contributed by atoms with Gasteiger partial charge in [-0.3, -0.25) is 4.79 Å². The van der Waals surface area contributed by atoms with Gasteiger partial charge in [0.05, 0.1) is 14.2 Å². The molecule has 7 nitrogen and oxygen atoms in total. The van der Waals surface area contributed by atoms with Crippen LogP contribution in [0.5, 0.6) is 11.5 Å². The summed E-state index contributed by atoms with van der Waals surface area (Å²) in [5, 5.41) is 5.68. The number of ether oxygens (including phenoxy) is 2. The minimum atomic E-state index is -0.289. The van der Waals surface area contributed by atoms with Crippen LogP contribution in [0.3, 0.4) is 0 Å². The van der Waals surface area contributed by atoms with Gasteiger partial charge in [0.15, 0.2) is 11.5 Å². The molecule has 0 spiro atoms. The van der Waals surface area contributed by atoms with Gasteiger partial charge in [0.25, 0.3) is 5.91 Å². The number of carbonyl (C=O) groups excluding carboxylic acids is 1. The average Bonchev–Trinajstić information content (AvgIpc) is 2.59. The zero-order valence-corrected chi connectivity index (χ0v) is 13.0. The molecule has 0 bridgehead atoms. The van der Waals surface area contributed by atoms with Crippen molar-refractivity contribution in [2.45, 2.75) is 0 Å². The molecule has 0 atom stereocenters. The Morgan fingerprint density at radius 1 is 1.26 bits per heavy atom. The van der Waals surface area contributed by atoms with E-state index in [2.05, 4.69) is 27.2 Å². The SMILES string of the molecule is C=CCNC(=O)c1ccnc(Nc2ccc(OC)c(OC)c2)n1. The second-order valence-corrected chi connectivity index (χ2v) is 4.46. The Morgan fingerprint density at radius 2 is 2.04 bits per heavy atom. The smallest absolute Gasteiger partial charge is 0.270 e. The molecular weight excluding hydrogens is 296 g/mol. The van der Waals surface area contributed by atoms with E-state index in [1.807, 2.05) is 0 Å². The summed E-state index contributed by atoms with van der Waals surface area (Å²) < 4.78 is 10.4. The van der Waals surface area contributed by atoms with Gasteiger partial charge in [0.2, 0.25) is 5.95 Å². The lowest BCUT2D eigenvalue weighted by atomic mass is 10.3. The van der Waals surface area contributed by atoms with Crippen LogP contribution < -0.4 is 20.1 Å². The molecule has 1 aromatic heterocycles. The van der Waals surface area contributed by atoms with Gasteiger partial charge in [-0.05, 0) is 18.2 Å². The van der Waals surface area contributed by atoms with Crippen molar-refractivity contribution in [3.05, 3.63) is 48.8 Å². The first-order valence-corrected chi connectivity index (χ1v) is 6.89. The number of anilines is 2. The number of hydrogen-bond acceptors (Lipinski definition) is 6. The maximum absolute atomic E-state index is 11.9. The van der Waals surface area contributed by atoms with Crippen LogP contribution in [0.25, 0.3) is 0 Å². The van der Waals surface area contributed by atoms with E-state index in [1.54, 1.807) is 38.5 Å². The van der Waals surface area contributed by atoms with Crippen LogP contribution in [0.15, 0.2) is 43.1 Å². The lowest BCUT2D eigenvalue weighted by Gasteiger charge is -2.10. The highest BCUT2D eigenvalue weighted by Crippen LogP contribution is 2.30. The van der Waals surface area contributed by atoms with Crippen molar-refractivity contribution in [1.82, 2.24) is 15.3 Å². The van der Waals surface area contributed by atoms with Gasteiger partial charge in [0, 0.05) is 24.5 Å². The molecule has 1 heterocycles. The van der Waals surface area contributed by atoms with Gasteiger partial charge < -0.3 is 20.1 Å². The number of methoxy groups -OCH3 is 2. The Labute approximate surface area is 134 Å². The second-order valence-electron chi connectivity index (χ2n) is 4.46. The topological polar surface area (TPSA) is 85.4 Å². The lowest BCUT2D eigenvalue weighted by molar-refractivity contribution is 0.0953. The molecule has 0 unspecified atom stereocenters. The van der Waals surface area contributed by atoms with E-state index in [9.17, 15) is 4.79 Å². The van der Waals surface area contributed by atoms with Gasteiger partial charge in [-0.15, -0.1) is 6.58 Å². The van der Waals surface area contributed by atoms with Crippen molar-refractivity contribution >= 4 is 17.5 Å². The second kappa shape index (κ2) is 7.79. The number of carbonyl (C=O) groups is 1. The minimum absolute atomic E-state index is 0.268. The van der Waals surface area contributed by atoms with Crippen molar-refractivity contribution in [3.63, 3.8) is 0 Å². The molecule has 0 aliphatic heterocycles. The molecular formula is C16H18N4O3. The van der Waals surface area contributed by atoms with Gasteiger partial charge >= 0.3 is 0 Å². The molecule has 23 heavy (non-hydrogen) atoms. The number of aromatic nitrogens is 2. The maximum Gasteiger partial charge on any atom is 0.270 e. The Kier molecular flexibility index (Phi) is 5.51. The Hall–Kier alpha value is -3.09. The van der Waals surface area contributed by atoms with E-state index in [1.165, 1.54) is 12.3 Å². The summed E-state index contributed by atoms with van der Waals surface area (Å²) in [5.74, 6) is 1.22. The number of nitrogens with zero attached hydrogens (tertiary/aromatic N) is 2. The molecule has 0 aliphatic rings. The lowest BCUT2D eigenvalue weighted by Crippen LogP contribution is -2.24. The summed E-state index contributed by atoms with van der Waals surface area (Å²) in [7, 11) is 3.13. The number of benzene rings is 1. The van der Waals surface area contributed by atoms with Crippen LogP contribution in [0.4, 0.5) is 11.6 Å². The fourth-order valence-corrected chi connectivity index (χ4v) is 1.84. The highest BCUT2D eigenvalue weighted by molar-refractivity contribution is 5.92. The van der Waals surface area contributed by atoms with E-state index in [4.69, 9.17) is 9.47 Å². The fourth-order valence-electron chi connectivity index (χ4n) is 1.84. The first kappa shape index (κ1) is 16.3. The molecule has 0 aliphatic carbocycles. The fraction of sp³-hybridized carbons (Fsp3) is 0.188. The Bertz CT molecular complexity index is 703. The molecule has 0 radical (unpaired) electrons. The van der Waals surface area contributed by atoms with Gasteiger partial charge in [-0.25, -0.2) is 9.97 Å². The van der Waals surface area contributed by atoms with Crippen molar-refractivity contribution < 1.29 is 14.3 Å². The van der Waals surface area contributed by atoms with E-state index < -0.39 is 0 Å². The number of nitrogens with one attached hydrogen (secondary N) is 2. The zero-order valence-electron chi connectivity index (χ0n) is 13.0. The summed E-state index contributed by atoms with van der Waals surface area (Å²) in [6.07, 6.45) is 3.11. The summed E-state index contributed by atoms with van der Waals surface area (Å²) in [5.41, 5.74) is 0.983. The molecule has 0 fully saturated rings. The number of rotatable bonds is 7. The Morgan fingerprint density at radius 3 is 2.74 bits per heavy atom. The monoisotopic (exact) mass is 314 g/mol. The molecule has 1 aromatic carbocycles. The van der Waals surface area contributed by atoms with Crippen LogP contribution >= 0.6 is 0 Å². The average molecular weight is 314 g/mol. The summed E-state index contributed by atoms with van der Waals surface area (Å²) in [6.45, 7) is 3.92. The van der Waals surface area contributed by atoms with E-state index in [0.717, 1.165) is 0 Å². The predicted molar refractivity (Wildman–Crippen MR) is 87.4 cm³/mol. The van der Waals surface area contributed by atoms with E-state index in [-0.39, 0.29) is 11.6 Å². The van der Waals surface area contributed by atoms with E-state index in [0.29, 0.717) is 29.7 Å². The Balaban J connectivity index is 2.17. The molecule has 1 amide bonds. The van der Waals surface area contributed by atoms with Crippen LogP contribution in [-0.4, -0.2) is 36.6 Å². The molecule has 120 valence electrons. The minimum Gasteiger partial charge on any atom is -0.493 e. The van der Waals surface area contributed by atoms with Crippen LogP contribution in [0, 0.1) is 0 Å². The van der Waals surface area contributed by atoms with E-state index >= 15 is 0 Å². The van der Waals surface area contributed by atoms with Gasteiger partial charge in [0.1, 0.15) is 5.69 Å². The predicted octanol–water partition coefficient (Wildman–Crippen LogP) is 2.15. The molecule has 0 saturated carbocycles. The normalized spacial score (nSPS) is 9.83. The summed E-state index contributed by atoms with van der Waals surface area (Å²) >= 11 is 0. The highest BCUT2D eigenvalue weighted by Gasteiger charge is 2.09. The molecule has 2 rings (SSSR count). The maximum atomic E-state index is 11.9. The van der Waals surface area contributed by atoms with Crippen molar-refractivity contribution in [3.8, 4) is 11.5 Å². The largest absolute Gasteiger partial charge is 0.493 e. The molecule has 2 aromatic rings. The molecule has 2 N–H and O–H groups in total. The van der Waals surface area contributed by atoms with Gasteiger partial charge in [-0.1, -0.05) is 6.08 Å². The number of hydrogen-bond donors (Lipinski definition) is 2. The third-order valence-corrected chi connectivity index (χ3v) is 2.93. The first-order chi connectivity index (χ1) is 11.2. The van der Waals surface area contributed by atoms with Crippen molar-refractivity contribution in [1.29, 1.82) is 0 Å². The number of amides is 1. The van der Waals surface area contributed by atoms with Crippen LogP contribution in [0.2, 0.25) is 0 Å². The third kappa shape index (κ3) is 4.19. The van der Waals surface area contributed by atoms with Gasteiger partial charge in [-0.2, -0.15) is 0 Å². The zero-order chi connectivity index (χ0) is 16.7. The molecule has 7 heteroatoms.